The smallest absolute Gasteiger partial charge is 0.353 e. The summed E-state index contributed by atoms with van der Waals surface area (Å²) in [6.07, 6.45) is 0.833. The highest BCUT2D eigenvalue weighted by molar-refractivity contribution is 5.86. The number of nitrogens with zero attached hydrogens (tertiary/aromatic N) is 1. The predicted octanol–water partition coefficient (Wildman–Crippen LogP) is 1.92. The van der Waals surface area contributed by atoms with E-state index in [1.807, 2.05) is 13.8 Å². The maximum atomic E-state index is 10.8. The molecule has 0 heterocycles. The van der Waals surface area contributed by atoms with Crippen LogP contribution in [-0.2, 0) is 19.1 Å². The number of rotatable bonds is 6. The summed E-state index contributed by atoms with van der Waals surface area (Å²) in [6.45, 7) is 14.3. The van der Waals surface area contributed by atoms with Crippen LogP contribution >= 0.6 is 0 Å². The molecule has 6 nitrogen and oxygen atoms in total. The van der Waals surface area contributed by atoms with Gasteiger partial charge in [-0.05, 0) is 20.8 Å². The highest BCUT2D eigenvalue weighted by Crippen LogP contribution is 1.96. The Morgan fingerprint density at radius 1 is 1.15 bits per heavy atom. The van der Waals surface area contributed by atoms with E-state index in [9.17, 15) is 9.59 Å². The maximum Gasteiger partial charge on any atom is 0.353 e. The van der Waals surface area contributed by atoms with Gasteiger partial charge in [0.25, 0.3) is 0 Å². The summed E-state index contributed by atoms with van der Waals surface area (Å²) in [4.78, 5) is 21.7. The number of likely N-dealkylation sites (N-methyl/N-ethyl adjacent to an activating group) is 1. The fourth-order valence-corrected chi connectivity index (χ4v) is 0.601. The largest absolute Gasteiger partial charge is 0.478 e. The Hall–Kier alpha value is -1.82. The van der Waals surface area contributed by atoms with Gasteiger partial charge in [0.05, 0.1) is 6.61 Å². The molecule has 0 atom stereocenters. The number of esters is 1. The average Bonchev–Trinajstić information content (AvgIpc) is 2.40. The fraction of sp³-hybridized carbons (Fsp3) is 0.571. The van der Waals surface area contributed by atoms with E-state index in [-0.39, 0.29) is 5.97 Å². The van der Waals surface area contributed by atoms with Gasteiger partial charge in [0.2, 0.25) is 0 Å². The highest BCUT2D eigenvalue weighted by Gasteiger charge is 2.07. The van der Waals surface area contributed by atoms with Crippen LogP contribution < -0.4 is 0 Å². The Kier molecular flexibility index (Phi) is 20.0. The van der Waals surface area contributed by atoms with Crippen LogP contribution in [0.5, 0.6) is 0 Å². The molecule has 0 aliphatic carbocycles. The van der Waals surface area contributed by atoms with Crippen molar-refractivity contribution >= 4 is 11.9 Å². The van der Waals surface area contributed by atoms with Crippen LogP contribution in [0.25, 0.3) is 0 Å². The molecular weight excluding hydrogens is 262 g/mol. The van der Waals surface area contributed by atoms with E-state index in [0.29, 0.717) is 12.3 Å². The average molecular weight is 289 g/mol. The van der Waals surface area contributed by atoms with Gasteiger partial charge in [-0.1, -0.05) is 13.2 Å². The van der Waals surface area contributed by atoms with E-state index in [4.69, 9.17) is 9.84 Å². The molecule has 0 saturated carbocycles. The Morgan fingerprint density at radius 2 is 1.55 bits per heavy atom. The zero-order valence-corrected chi connectivity index (χ0v) is 13.1. The van der Waals surface area contributed by atoms with Crippen molar-refractivity contribution in [2.45, 2.75) is 20.8 Å². The van der Waals surface area contributed by atoms with Crippen molar-refractivity contribution < 1.29 is 24.2 Å². The zero-order valence-electron chi connectivity index (χ0n) is 13.1. The minimum Gasteiger partial charge on any atom is -0.478 e. The van der Waals surface area contributed by atoms with Gasteiger partial charge in [-0.25, -0.2) is 9.59 Å². The van der Waals surface area contributed by atoms with Gasteiger partial charge in [-0.15, -0.1) is 0 Å². The Morgan fingerprint density at radius 3 is 1.70 bits per heavy atom. The minimum atomic E-state index is -0.981. The molecule has 1 N–H and O–H groups in total. The summed E-state index contributed by atoms with van der Waals surface area (Å²) >= 11 is 0. The van der Waals surface area contributed by atoms with Crippen LogP contribution in [0.15, 0.2) is 24.9 Å². The number of carboxylic acid groups (broad SMARTS) is 1. The van der Waals surface area contributed by atoms with Crippen molar-refractivity contribution in [2.75, 3.05) is 33.9 Å². The number of carboxylic acids is 1. The molecule has 0 fully saturated rings. The van der Waals surface area contributed by atoms with E-state index < -0.39 is 5.97 Å². The zero-order chi connectivity index (χ0) is 16.6. The van der Waals surface area contributed by atoms with E-state index in [0.717, 1.165) is 19.3 Å². The summed E-state index contributed by atoms with van der Waals surface area (Å²) in [5.41, 5.74) is 0.377. The lowest BCUT2D eigenvalue weighted by molar-refractivity contribution is -0.140. The van der Waals surface area contributed by atoms with Crippen LogP contribution in [0, 0.1) is 0 Å². The van der Waals surface area contributed by atoms with Crippen molar-refractivity contribution in [3.63, 3.8) is 0 Å². The summed E-state index contributed by atoms with van der Waals surface area (Å²) in [6, 6.07) is 0. The first kappa shape index (κ1) is 23.3. The van der Waals surface area contributed by atoms with Crippen LogP contribution in [0.4, 0.5) is 0 Å². The Labute approximate surface area is 121 Å². The topological polar surface area (TPSA) is 76.1 Å². The Balaban J connectivity index is -0.000000244. The van der Waals surface area contributed by atoms with Crippen molar-refractivity contribution in [2.24, 2.45) is 0 Å². The number of carbonyl (C=O) groups is 2. The van der Waals surface area contributed by atoms with Gasteiger partial charge in [0.1, 0.15) is 5.70 Å². The van der Waals surface area contributed by atoms with Gasteiger partial charge in [-0.2, -0.15) is 0 Å². The van der Waals surface area contributed by atoms with E-state index >= 15 is 0 Å². The molecule has 0 saturated heterocycles. The first-order valence-electron chi connectivity index (χ1n) is 6.24. The predicted molar refractivity (Wildman–Crippen MR) is 79.5 cm³/mol. The van der Waals surface area contributed by atoms with E-state index in [1.165, 1.54) is 0 Å². The summed E-state index contributed by atoms with van der Waals surface area (Å²) in [7, 11) is 3.50. The monoisotopic (exact) mass is 289 g/mol. The number of hydrogen-bond acceptors (Lipinski definition) is 5. The number of ether oxygens (including phenoxy) is 2. The second kappa shape index (κ2) is 17.2. The molecule has 0 aromatic carbocycles. The molecule has 0 spiro atoms. The Bertz CT molecular complexity index is 285. The van der Waals surface area contributed by atoms with E-state index in [2.05, 4.69) is 17.9 Å². The second-order valence-electron chi connectivity index (χ2n) is 3.39. The van der Waals surface area contributed by atoms with E-state index in [1.54, 1.807) is 25.9 Å². The molecule has 0 unspecified atom stereocenters. The molecule has 118 valence electrons. The molecule has 6 heteroatoms. The quantitative estimate of drug-likeness (QED) is 0.595. The molecule has 0 aromatic rings. The SMILES string of the molecule is C=C(C(=O)OCC)N(C)C.C=CC(=O)O.CCOCC. The van der Waals surface area contributed by atoms with Crippen molar-refractivity contribution in [3.8, 4) is 0 Å². The molecule has 0 radical (unpaired) electrons. The third kappa shape index (κ3) is 21.5. The lowest BCUT2D eigenvalue weighted by Gasteiger charge is -2.12. The van der Waals surface area contributed by atoms with Crippen LogP contribution in [-0.4, -0.2) is 55.9 Å². The third-order valence-electron chi connectivity index (χ3n) is 1.63. The molecule has 0 rings (SSSR count). The molecular formula is C14H27NO5. The van der Waals surface area contributed by atoms with Gasteiger partial charge >= 0.3 is 11.9 Å². The summed E-state index contributed by atoms with van der Waals surface area (Å²) < 4.78 is 9.52. The van der Waals surface area contributed by atoms with Crippen molar-refractivity contribution in [1.82, 2.24) is 4.90 Å². The maximum absolute atomic E-state index is 10.8. The van der Waals surface area contributed by atoms with Gasteiger partial charge in [0.15, 0.2) is 0 Å². The number of aliphatic carboxylic acids is 1. The van der Waals surface area contributed by atoms with Crippen molar-refractivity contribution in [3.05, 3.63) is 24.9 Å². The van der Waals surface area contributed by atoms with Crippen LogP contribution in [0.2, 0.25) is 0 Å². The molecule has 0 aliphatic heterocycles. The van der Waals surface area contributed by atoms with Crippen LogP contribution in [0.3, 0.4) is 0 Å². The first-order valence-corrected chi connectivity index (χ1v) is 6.24. The molecule has 0 bridgehead atoms. The van der Waals surface area contributed by atoms with Crippen LogP contribution in [0.1, 0.15) is 20.8 Å². The first-order chi connectivity index (χ1) is 9.28. The molecule has 0 aromatic heterocycles. The molecule has 0 amide bonds. The van der Waals surface area contributed by atoms with Gasteiger partial charge in [-0.3, -0.25) is 0 Å². The number of carbonyl (C=O) groups excluding carboxylic acids is 1. The minimum absolute atomic E-state index is 0.354. The summed E-state index contributed by atoms with van der Waals surface area (Å²) in [5, 5.41) is 7.60. The third-order valence-corrected chi connectivity index (χ3v) is 1.63. The molecule has 0 aliphatic rings. The molecule has 20 heavy (non-hydrogen) atoms. The summed E-state index contributed by atoms with van der Waals surface area (Å²) in [5.74, 6) is -1.34. The fourth-order valence-electron chi connectivity index (χ4n) is 0.601. The van der Waals surface area contributed by atoms with Crippen molar-refractivity contribution in [1.29, 1.82) is 0 Å². The highest BCUT2D eigenvalue weighted by atomic mass is 16.5. The normalized spacial score (nSPS) is 8.05. The lowest BCUT2D eigenvalue weighted by atomic mass is 10.5. The number of hydrogen-bond donors (Lipinski definition) is 1. The second-order valence-corrected chi connectivity index (χ2v) is 3.39. The standard InChI is InChI=1S/C7H13NO2.C4H10O.C3H4O2/c1-5-10-7(9)6(2)8(3)4;1-3-5-4-2;1-2-3(4)5/h2,5H2,1,3-4H3;3-4H2,1-2H3;2H,1H2,(H,4,5). The lowest BCUT2D eigenvalue weighted by Crippen LogP contribution is -2.20. The van der Waals surface area contributed by atoms with Gasteiger partial charge in [0, 0.05) is 33.4 Å². The van der Waals surface area contributed by atoms with Gasteiger partial charge < -0.3 is 19.5 Å².